The Morgan fingerprint density at radius 1 is 1.33 bits per heavy atom. The number of nitrogens with one attached hydrogen (secondary N) is 1. The van der Waals surface area contributed by atoms with Gasteiger partial charge in [-0.05, 0) is 44.2 Å². The van der Waals surface area contributed by atoms with Crippen LogP contribution in [-0.2, 0) is 6.42 Å². The number of nitro groups is 1. The molecule has 4 nitrogen and oxygen atoms in total. The number of non-ortho nitro benzene ring substituents is 1. The van der Waals surface area contributed by atoms with Crippen molar-refractivity contribution in [1.82, 2.24) is 5.32 Å². The lowest BCUT2D eigenvalue weighted by molar-refractivity contribution is -0.384. The van der Waals surface area contributed by atoms with Gasteiger partial charge in [0, 0.05) is 18.2 Å². The predicted molar refractivity (Wildman–Crippen MR) is 71.6 cm³/mol. The molecule has 98 valence electrons. The fourth-order valence-electron chi connectivity index (χ4n) is 2.90. The molecule has 1 saturated carbocycles. The molecule has 1 N–H and O–H groups in total. The van der Waals surface area contributed by atoms with Gasteiger partial charge >= 0.3 is 0 Å². The first-order chi connectivity index (χ1) is 8.70. The Kier molecular flexibility index (Phi) is 4.31. The van der Waals surface area contributed by atoms with Gasteiger partial charge in [0.15, 0.2) is 0 Å². The quantitative estimate of drug-likeness (QED) is 0.644. The molecule has 0 amide bonds. The van der Waals surface area contributed by atoms with Crippen LogP contribution in [0, 0.1) is 16.0 Å². The molecule has 4 heteroatoms. The van der Waals surface area contributed by atoms with Gasteiger partial charge in [0.2, 0.25) is 0 Å². The number of hydrogen-bond donors (Lipinski definition) is 1. The monoisotopic (exact) mass is 248 g/mol. The van der Waals surface area contributed by atoms with E-state index in [1.807, 2.05) is 19.2 Å². The van der Waals surface area contributed by atoms with E-state index < -0.39 is 0 Å². The molecule has 18 heavy (non-hydrogen) atoms. The number of benzene rings is 1. The summed E-state index contributed by atoms with van der Waals surface area (Å²) >= 11 is 0. The van der Waals surface area contributed by atoms with Gasteiger partial charge in [-0.25, -0.2) is 0 Å². The van der Waals surface area contributed by atoms with Crippen molar-refractivity contribution in [3.63, 3.8) is 0 Å². The van der Waals surface area contributed by atoms with Crippen LogP contribution in [-0.4, -0.2) is 18.0 Å². The Hall–Kier alpha value is -1.42. The highest BCUT2D eigenvalue weighted by atomic mass is 16.6. The van der Waals surface area contributed by atoms with Crippen molar-refractivity contribution >= 4 is 5.69 Å². The summed E-state index contributed by atoms with van der Waals surface area (Å²) in [6, 6.07) is 7.60. The summed E-state index contributed by atoms with van der Waals surface area (Å²) in [7, 11) is 2.04. The standard InChI is InChI=1S/C14H20N2O2/c1-15-14-4-2-3-12(14)8-5-11-6-9-13(10-7-11)16(17)18/h6-7,9-10,12,14-15H,2-5,8H2,1H3. The lowest BCUT2D eigenvalue weighted by Crippen LogP contribution is -2.29. The lowest BCUT2D eigenvalue weighted by atomic mass is 9.95. The van der Waals surface area contributed by atoms with E-state index in [2.05, 4.69) is 5.32 Å². The van der Waals surface area contributed by atoms with Crippen LogP contribution in [0.1, 0.15) is 31.2 Å². The molecule has 0 aliphatic heterocycles. The van der Waals surface area contributed by atoms with Gasteiger partial charge in [-0.15, -0.1) is 0 Å². The Bertz CT molecular complexity index is 403. The maximum atomic E-state index is 10.6. The molecule has 0 aromatic heterocycles. The summed E-state index contributed by atoms with van der Waals surface area (Å²) in [6.45, 7) is 0. The summed E-state index contributed by atoms with van der Waals surface area (Å²) in [4.78, 5) is 10.2. The maximum absolute atomic E-state index is 10.6. The van der Waals surface area contributed by atoms with Gasteiger partial charge in [0.25, 0.3) is 5.69 Å². The van der Waals surface area contributed by atoms with Crippen LogP contribution in [0.25, 0.3) is 0 Å². The third kappa shape index (κ3) is 3.07. The third-order valence-corrected chi connectivity index (χ3v) is 3.98. The molecule has 0 saturated heterocycles. The smallest absolute Gasteiger partial charge is 0.269 e. The largest absolute Gasteiger partial charge is 0.317 e. The predicted octanol–water partition coefficient (Wildman–Crippen LogP) is 2.92. The van der Waals surface area contributed by atoms with E-state index in [1.165, 1.54) is 31.2 Å². The molecule has 0 bridgehead atoms. The zero-order valence-corrected chi connectivity index (χ0v) is 10.8. The number of nitro benzene ring substituents is 1. The van der Waals surface area contributed by atoms with Crippen LogP contribution < -0.4 is 5.32 Å². The van der Waals surface area contributed by atoms with E-state index in [4.69, 9.17) is 0 Å². The first-order valence-corrected chi connectivity index (χ1v) is 6.61. The molecule has 1 aliphatic carbocycles. The maximum Gasteiger partial charge on any atom is 0.269 e. The van der Waals surface area contributed by atoms with Crippen molar-refractivity contribution in [3.05, 3.63) is 39.9 Å². The second-order valence-corrected chi connectivity index (χ2v) is 5.05. The van der Waals surface area contributed by atoms with Crippen LogP contribution in [0.3, 0.4) is 0 Å². The van der Waals surface area contributed by atoms with Crippen molar-refractivity contribution < 1.29 is 4.92 Å². The van der Waals surface area contributed by atoms with E-state index in [0.717, 1.165) is 12.3 Å². The van der Waals surface area contributed by atoms with E-state index in [9.17, 15) is 10.1 Å². The molecule has 1 aliphatic rings. The second-order valence-electron chi connectivity index (χ2n) is 5.05. The van der Waals surface area contributed by atoms with E-state index in [-0.39, 0.29) is 10.6 Å². The first kappa shape index (κ1) is 13.0. The minimum atomic E-state index is -0.349. The van der Waals surface area contributed by atoms with E-state index in [0.29, 0.717) is 6.04 Å². The van der Waals surface area contributed by atoms with Crippen molar-refractivity contribution in [2.75, 3.05) is 7.05 Å². The van der Waals surface area contributed by atoms with Gasteiger partial charge in [-0.1, -0.05) is 18.6 Å². The molecule has 1 aromatic rings. The average Bonchev–Trinajstić information content (AvgIpc) is 2.84. The Labute approximate surface area is 108 Å². The molecule has 0 spiro atoms. The fraction of sp³-hybridized carbons (Fsp3) is 0.571. The Morgan fingerprint density at radius 3 is 2.67 bits per heavy atom. The minimum absolute atomic E-state index is 0.174. The van der Waals surface area contributed by atoms with Crippen LogP contribution >= 0.6 is 0 Å². The zero-order chi connectivity index (χ0) is 13.0. The minimum Gasteiger partial charge on any atom is -0.317 e. The molecule has 0 radical (unpaired) electrons. The molecule has 1 aromatic carbocycles. The summed E-state index contributed by atoms with van der Waals surface area (Å²) in [5, 5.41) is 13.9. The van der Waals surface area contributed by atoms with Crippen molar-refractivity contribution in [1.29, 1.82) is 0 Å². The summed E-state index contributed by atoms with van der Waals surface area (Å²) in [5.74, 6) is 0.755. The number of nitrogens with zero attached hydrogens (tertiary/aromatic N) is 1. The van der Waals surface area contributed by atoms with Crippen molar-refractivity contribution in [2.45, 2.75) is 38.1 Å². The molecule has 2 rings (SSSR count). The third-order valence-electron chi connectivity index (χ3n) is 3.98. The summed E-state index contributed by atoms with van der Waals surface area (Å²) < 4.78 is 0. The fourth-order valence-corrected chi connectivity index (χ4v) is 2.90. The molecular formula is C14H20N2O2. The van der Waals surface area contributed by atoms with Crippen LogP contribution in [0.4, 0.5) is 5.69 Å². The highest BCUT2D eigenvalue weighted by molar-refractivity contribution is 5.32. The van der Waals surface area contributed by atoms with Crippen LogP contribution in [0.2, 0.25) is 0 Å². The summed E-state index contributed by atoms with van der Waals surface area (Å²) in [5.41, 5.74) is 1.37. The van der Waals surface area contributed by atoms with Gasteiger partial charge in [0.05, 0.1) is 4.92 Å². The van der Waals surface area contributed by atoms with Gasteiger partial charge in [-0.3, -0.25) is 10.1 Å². The number of rotatable bonds is 5. The molecule has 2 atom stereocenters. The lowest BCUT2D eigenvalue weighted by Gasteiger charge is -2.18. The zero-order valence-electron chi connectivity index (χ0n) is 10.8. The number of aryl methyl sites for hydroxylation is 1. The van der Waals surface area contributed by atoms with Crippen molar-refractivity contribution in [2.24, 2.45) is 5.92 Å². The highest BCUT2D eigenvalue weighted by Gasteiger charge is 2.25. The van der Waals surface area contributed by atoms with Gasteiger partial charge in [-0.2, -0.15) is 0 Å². The topological polar surface area (TPSA) is 55.2 Å². The SMILES string of the molecule is CNC1CCCC1CCc1ccc([N+](=O)[O-])cc1. The van der Waals surface area contributed by atoms with Crippen LogP contribution in [0.15, 0.2) is 24.3 Å². The molecular weight excluding hydrogens is 228 g/mol. The van der Waals surface area contributed by atoms with Crippen molar-refractivity contribution in [3.8, 4) is 0 Å². The van der Waals surface area contributed by atoms with Gasteiger partial charge in [0.1, 0.15) is 0 Å². The Balaban J connectivity index is 1.88. The molecule has 1 fully saturated rings. The molecule has 0 heterocycles. The van der Waals surface area contributed by atoms with Crippen LogP contribution in [0.5, 0.6) is 0 Å². The average molecular weight is 248 g/mol. The first-order valence-electron chi connectivity index (χ1n) is 6.61. The highest BCUT2D eigenvalue weighted by Crippen LogP contribution is 2.29. The van der Waals surface area contributed by atoms with E-state index in [1.54, 1.807) is 12.1 Å². The van der Waals surface area contributed by atoms with E-state index >= 15 is 0 Å². The second kappa shape index (κ2) is 5.96. The van der Waals surface area contributed by atoms with Gasteiger partial charge < -0.3 is 5.32 Å². The normalized spacial score (nSPS) is 23.2. The molecule has 2 unspecified atom stereocenters. The number of hydrogen-bond acceptors (Lipinski definition) is 3. The Morgan fingerprint density at radius 2 is 2.06 bits per heavy atom. The summed E-state index contributed by atoms with van der Waals surface area (Å²) in [6.07, 6.45) is 6.08.